The molecule has 0 amide bonds. The molecule has 0 fully saturated rings. The van der Waals surface area contributed by atoms with Gasteiger partial charge in [0, 0.05) is 12.8 Å². The SMILES string of the molecule is COC1C=CC=C(c2ccccc2)N1. The molecule has 0 bridgehead atoms. The first-order valence-corrected chi connectivity index (χ1v) is 4.63. The van der Waals surface area contributed by atoms with E-state index in [1.807, 2.05) is 36.4 Å². The van der Waals surface area contributed by atoms with E-state index in [1.165, 1.54) is 5.56 Å². The van der Waals surface area contributed by atoms with Gasteiger partial charge in [-0.3, -0.25) is 0 Å². The van der Waals surface area contributed by atoms with E-state index in [-0.39, 0.29) is 6.23 Å². The van der Waals surface area contributed by atoms with Gasteiger partial charge in [-0.1, -0.05) is 36.4 Å². The van der Waals surface area contributed by atoms with Crippen LogP contribution in [-0.4, -0.2) is 13.3 Å². The Morgan fingerprint density at radius 1 is 1.21 bits per heavy atom. The zero-order valence-electron chi connectivity index (χ0n) is 8.10. The van der Waals surface area contributed by atoms with Gasteiger partial charge < -0.3 is 10.1 Å². The summed E-state index contributed by atoms with van der Waals surface area (Å²) in [4.78, 5) is 0. The molecule has 0 aliphatic carbocycles. The second-order valence-corrected chi connectivity index (χ2v) is 3.13. The molecule has 1 heterocycles. The van der Waals surface area contributed by atoms with Crippen molar-refractivity contribution in [2.75, 3.05) is 7.11 Å². The third-order valence-corrected chi connectivity index (χ3v) is 2.19. The van der Waals surface area contributed by atoms with Crippen molar-refractivity contribution in [2.45, 2.75) is 6.23 Å². The van der Waals surface area contributed by atoms with Crippen LogP contribution in [0.5, 0.6) is 0 Å². The van der Waals surface area contributed by atoms with Crippen LogP contribution >= 0.6 is 0 Å². The van der Waals surface area contributed by atoms with Gasteiger partial charge in [0.05, 0.1) is 0 Å². The normalized spacial score (nSPS) is 20.1. The first-order chi connectivity index (χ1) is 6.90. The maximum atomic E-state index is 5.20. The van der Waals surface area contributed by atoms with E-state index < -0.39 is 0 Å². The average Bonchev–Trinajstić information content (AvgIpc) is 2.30. The molecule has 2 nitrogen and oxygen atoms in total. The quantitative estimate of drug-likeness (QED) is 0.766. The third kappa shape index (κ3) is 1.86. The summed E-state index contributed by atoms with van der Waals surface area (Å²) in [5.74, 6) is 0. The van der Waals surface area contributed by atoms with E-state index in [1.54, 1.807) is 7.11 Å². The minimum absolute atomic E-state index is 0.0183. The van der Waals surface area contributed by atoms with Crippen molar-refractivity contribution in [3.8, 4) is 0 Å². The summed E-state index contributed by atoms with van der Waals surface area (Å²) in [6.07, 6.45) is 6.01. The summed E-state index contributed by atoms with van der Waals surface area (Å²) < 4.78 is 5.20. The number of dihydropyridines is 1. The molecule has 0 radical (unpaired) electrons. The van der Waals surface area contributed by atoms with Crippen LogP contribution in [0.3, 0.4) is 0 Å². The number of hydrogen-bond donors (Lipinski definition) is 1. The summed E-state index contributed by atoms with van der Waals surface area (Å²) >= 11 is 0. The number of nitrogens with one attached hydrogen (secondary N) is 1. The molecule has 0 aromatic heterocycles. The molecule has 72 valence electrons. The molecule has 1 aliphatic heterocycles. The van der Waals surface area contributed by atoms with Gasteiger partial charge in [-0.2, -0.15) is 0 Å². The van der Waals surface area contributed by atoms with E-state index in [9.17, 15) is 0 Å². The average molecular weight is 187 g/mol. The lowest BCUT2D eigenvalue weighted by atomic mass is 10.1. The molecule has 0 saturated heterocycles. The Balaban J connectivity index is 2.21. The number of benzene rings is 1. The molecule has 1 N–H and O–H groups in total. The highest BCUT2D eigenvalue weighted by Gasteiger charge is 2.08. The van der Waals surface area contributed by atoms with E-state index in [0.717, 1.165) is 5.70 Å². The maximum absolute atomic E-state index is 5.20. The van der Waals surface area contributed by atoms with E-state index in [2.05, 4.69) is 17.4 Å². The first-order valence-electron chi connectivity index (χ1n) is 4.63. The fraction of sp³-hybridized carbons (Fsp3) is 0.167. The number of allylic oxidation sites excluding steroid dienone is 2. The predicted molar refractivity (Wildman–Crippen MR) is 57.5 cm³/mol. The van der Waals surface area contributed by atoms with Gasteiger partial charge in [0.15, 0.2) is 0 Å². The van der Waals surface area contributed by atoms with Gasteiger partial charge in [-0.25, -0.2) is 0 Å². The van der Waals surface area contributed by atoms with Crippen LogP contribution in [0.1, 0.15) is 5.56 Å². The summed E-state index contributed by atoms with van der Waals surface area (Å²) in [5, 5.41) is 3.27. The van der Waals surface area contributed by atoms with E-state index in [0.29, 0.717) is 0 Å². The van der Waals surface area contributed by atoms with E-state index >= 15 is 0 Å². The van der Waals surface area contributed by atoms with Crippen molar-refractivity contribution in [1.82, 2.24) is 5.32 Å². The number of rotatable bonds is 2. The highest BCUT2D eigenvalue weighted by molar-refractivity contribution is 5.66. The van der Waals surface area contributed by atoms with Gasteiger partial charge in [0.25, 0.3) is 0 Å². The van der Waals surface area contributed by atoms with Gasteiger partial charge in [-0.15, -0.1) is 0 Å². The minimum Gasteiger partial charge on any atom is -0.358 e. The predicted octanol–water partition coefficient (Wildman–Crippen LogP) is 2.16. The zero-order chi connectivity index (χ0) is 9.80. The molecule has 1 aromatic carbocycles. The Bertz CT molecular complexity index is 354. The summed E-state index contributed by atoms with van der Waals surface area (Å²) in [6, 6.07) is 10.2. The summed E-state index contributed by atoms with van der Waals surface area (Å²) in [7, 11) is 1.69. The second kappa shape index (κ2) is 4.11. The third-order valence-electron chi connectivity index (χ3n) is 2.19. The van der Waals surface area contributed by atoms with Gasteiger partial charge in [0.1, 0.15) is 6.23 Å². The smallest absolute Gasteiger partial charge is 0.146 e. The number of ether oxygens (including phenoxy) is 1. The van der Waals surface area contributed by atoms with Gasteiger partial charge >= 0.3 is 0 Å². The van der Waals surface area contributed by atoms with Crippen molar-refractivity contribution in [1.29, 1.82) is 0 Å². The van der Waals surface area contributed by atoms with Crippen molar-refractivity contribution >= 4 is 5.70 Å². The highest BCUT2D eigenvalue weighted by Crippen LogP contribution is 2.15. The fourth-order valence-corrected chi connectivity index (χ4v) is 1.44. The molecule has 2 heteroatoms. The van der Waals surface area contributed by atoms with Gasteiger partial charge in [0.2, 0.25) is 0 Å². The molecule has 14 heavy (non-hydrogen) atoms. The van der Waals surface area contributed by atoms with E-state index in [4.69, 9.17) is 4.74 Å². The molecule has 1 aromatic rings. The van der Waals surface area contributed by atoms with Crippen molar-refractivity contribution in [3.05, 3.63) is 54.1 Å². The Morgan fingerprint density at radius 3 is 2.71 bits per heavy atom. The number of methoxy groups -OCH3 is 1. The molecule has 1 aliphatic rings. The molecular formula is C12H13NO. The molecule has 0 spiro atoms. The van der Waals surface area contributed by atoms with Gasteiger partial charge in [-0.05, 0) is 17.7 Å². The molecule has 1 atom stereocenters. The summed E-state index contributed by atoms with van der Waals surface area (Å²) in [6.45, 7) is 0. The Hall–Kier alpha value is -1.54. The van der Waals surface area contributed by atoms with Crippen LogP contribution in [0.25, 0.3) is 5.70 Å². The van der Waals surface area contributed by atoms with Crippen LogP contribution in [-0.2, 0) is 4.74 Å². The molecule has 2 rings (SSSR count). The van der Waals surface area contributed by atoms with Crippen molar-refractivity contribution in [2.24, 2.45) is 0 Å². The minimum atomic E-state index is -0.0183. The topological polar surface area (TPSA) is 21.3 Å². The van der Waals surface area contributed by atoms with Crippen LogP contribution in [0, 0.1) is 0 Å². The van der Waals surface area contributed by atoms with Crippen LogP contribution in [0.2, 0.25) is 0 Å². The first kappa shape index (κ1) is 9.03. The second-order valence-electron chi connectivity index (χ2n) is 3.13. The highest BCUT2D eigenvalue weighted by atomic mass is 16.5. The van der Waals surface area contributed by atoms with Crippen molar-refractivity contribution < 1.29 is 4.74 Å². The molecule has 0 saturated carbocycles. The summed E-state index contributed by atoms with van der Waals surface area (Å²) in [5.41, 5.74) is 2.28. The zero-order valence-corrected chi connectivity index (χ0v) is 8.10. The lowest BCUT2D eigenvalue weighted by molar-refractivity contribution is 0.126. The monoisotopic (exact) mass is 187 g/mol. The fourth-order valence-electron chi connectivity index (χ4n) is 1.44. The standard InChI is InChI=1S/C12H13NO/c1-14-12-9-5-8-11(13-12)10-6-3-2-4-7-10/h2-9,12-13H,1H3. The Kier molecular flexibility index (Phi) is 2.65. The van der Waals surface area contributed by atoms with Crippen LogP contribution in [0.4, 0.5) is 0 Å². The Morgan fingerprint density at radius 2 is 2.00 bits per heavy atom. The Labute approximate surface area is 83.9 Å². The molecule has 1 unspecified atom stereocenters. The van der Waals surface area contributed by atoms with Crippen molar-refractivity contribution in [3.63, 3.8) is 0 Å². The number of hydrogen-bond acceptors (Lipinski definition) is 2. The largest absolute Gasteiger partial charge is 0.358 e. The van der Waals surface area contributed by atoms with Crippen LogP contribution < -0.4 is 5.32 Å². The molecular weight excluding hydrogens is 174 g/mol. The van der Waals surface area contributed by atoms with Crippen LogP contribution in [0.15, 0.2) is 48.6 Å². The lowest BCUT2D eigenvalue weighted by Crippen LogP contribution is -2.29. The maximum Gasteiger partial charge on any atom is 0.146 e. The lowest BCUT2D eigenvalue weighted by Gasteiger charge is -2.20.